The number of hydrogen-bond acceptors (Lipinski definition) is 4. The fourth-order valence-electron chi connectivity index (χ4n) is 3.60. The number of sulfonamides is 1. The first-order valence-electron chi connectivity index (χ1n) is 12.9. The first-order valence-corrected chi connectivity index (χ1v) is 14.4. The Balaban J connectivity index is 7.60. The summed E-state index contributed by atoms with van der Waals surface area (Å²) in [5.41, 5.74) is 0. The van der Waals surface area contributed by atoms with Gasteiger partial charge in [0.2, 0.25) is 0 Å². The highest BCUT2D eigenvalue weighted by Gasteiger charge is 3.00. The van der Waals surface area contributed by atoms with Crippen LogP contribution >= 0.6 is 0 Å². The Morgan fingerprint density at radius 1 is 0.436 bits per heavy atom. The minimum absolute atomic E-state index is 0.525. The zero-order valence-corrected chi connectivity index (χ0v) is 26.5. The summed E-state index contributed by atoms with van der Waals surface area (Å²) in [4.78, 5) is 11.7. The Morgan fingerprint density at radius 2 is 0.691 bits per heavy atom. The number of carboxylic acid groups (broad SMARTS) is 1. The molecule has 34 heteroatoms. The summed E-state index contributed by atoms with van der Waals surface area (Å²) < 4.78 is 394. The second kappa shape index (κ2) is 14.4. The molecule has 0 radical (unpaired) electrons. The van der Waals surface area contributed by atoms with Crippen molar-refractivity contribution < 1.29 is 137 Å². The van der Waals surface area contributed by atoms with Crippen LogP contribution in [0, 0.1) is 0 Å². The van der Waals surface area contributed by atoms with Crippen LogP contribution in [0.1, 0.15) is 12.8 Å². The van der Waals surface area contributed by atoms with Crippen molar-refractivity contribution in [1.29, 1.82) is 0 Å². The molecule has 0 fully saturated rings. The highest BCUT2D eigenvalue weighted by molar-refractivity contribution is 7.90. The van der Waals surface area contributed by atoms with Crippen molar-refractivity contribution in [2.24, 2.45) is 0 Å². The predicted molar refractivity (Wildman–Crippen MR) is 121 cm³/mol. The van der Waals surface area contributed by atoms with Gasteiger partial charge >= 0.3 is 82.5 Å². The smallest absolute Gasteiger partial charge is 0.460 e. The van der Waals surface area contributed by atoms with E-state index in [2.05, 4.69) is 0 Å². The van der Waals surface area contributed by atoms with E-state index in [1.807, 2.05) is 0 Å². The van der Waals surface area contributed by atoms with E-state index in [1.165, 1.54) is 0 Å². The molecule has 0 aromatic rings. The van der Waals surface area contributed by atoms with Crippen LogP contribution in [0.15, 0.2) is 0 Å². The molecule has 0 aliphatic rings. The van der Waals surface area contributed by atoms with Crippen LogP contribution in [-0.4, -0.2) is 139 Å². The Hall–Kier alpha value is -2.55. The van der Waals surface area contributed by atoms with E-state index in [-0.39, 0.29) is 0 Å². The van der Waals surface area contributed by atoms with E-state index in [4.69, 9.17) is 5.11 Å². The molecule has 0 aliphatic carbocycles. The van der Waals surface area contributed by atoms with Crippen LogP contribution in [0.4, 0.5) is 119 Å². The van der Waals surface area contributed by atoms with Gasteiger partial charge in [-0.15, -0.1) is 0 Å². The average molecular weight is 906 g/mol. The van der Waals surface area contributed by atoms with Crippen molar-refractivity contribution in [3.05, 3.63) is 0 Å². The number of carbonyl (C=O) groups is 1. The molecule has 0 rings (SSSR count). The number of carboxylic acids is 1. The van der Waals surface area contributed by atoms with Crippen molar-refractivity contribution in [2.45, 2.75) is 89.4 Å². The van der Waals surface area contributed by atoms with Gasteiger partial charge in [0.15, 0.2) is 0 Å². The van der Waals surface area contributed by atoms with Crippen LogP contribution in [-0.2, 0) is 14.8 Å². The number of rotatable bonds is 20. The summed E-state index contributed by atoms with van der Waals surface area (Å²) >= 11 is 0. The van der Waals surface area contributed by atoms with Crippen molar-refractivity contribution in [2.75, 3.05) is 33.7 Å². The molecule has 0 aliphatic heterocycles. The molecule has 0 unspecified atom stereocenters. The van der Waals surface area contributed by atoms with Crippen LogP contribution in [0.3, 0.4) is 0 Å². The van der Waals surface area contributed by atoms with E-state index in [9.17, 15) is 132 Å². The Labute approximate surface area is 286 Å². The number of alkyl halides is 27. The van der Waals surface area contributed by atoms with Gasteiger partial charge in [0.1, 0.15) is 0 Å². The highest BCUT2D eigenvalue weighted by Crippen LogP contribution is 2.68. The Morgan fingerprint density at radius 3 is 0.927 bits per heavy atom. The van der Waals surface area contributed by atoms with Gasteiger partial charge in [0, 0.05) is 13.1 Å². The van der Waals surface area contributed by atoms with Gasteiger partial charge in [0.05, 0.1) is 6.42 Å². The number of aliphatic carboxylic acids is 1. The molecule has 0 saturated carbocycles. The second-order valence-corrected chi connectivity index (χ2v) is 13.0. The van der Waals surface area contributed by atoms with E-state index in [1.54, 1.807) is 0 Å². The number of hydrogen-bond donors (Lipinski definition) is 1. The van der Waals surface area contributed by atoms with Gasteiger partial charge in [-0.05, 0) is 27.1 Å². The predicted octanol–water partition coefficient (Wildman–Crippen LogP) is 8.19. The van der Waals surface area contributed by atoms with E-state index < -0.39 is 129 Å². The van der Waals surface area contributed by atoms with Crippen molar-refractivity contribution in [3.63, 3.8) is 0 Å². The van der Waals surface area contributed by atoms with E-state index in [0.717, 1.165) is 19.0 Å². The number of nitrogens with zero attached hydrogens (tertiary/aromatic N) is 2. The van der Waals surface area contributed by atoms with E-state index in [0.29, 0.717) is 0 Å². The van der Waals surface area contributed by atoms with Gasteiger partial charge in [-0.2, -0.15) is 123 Å². The quantitative estimate of drug-likeness (QED) is 0.125. The minimum Gasteiger partial charge on any atom is -0.481 e. The van der Waals surface area contributed by atoms with Gasteiger partial charge in [-0.3, -0.25) is 4.79 Å². The molecule has 0 atom stereocenters. The van der Waals surface area contributed by atoms with Crippen LogP contribution < -0.4 is 0 Å². The Bertz CT molecular complexity index is 1490. The van der Waals surface area contributed by atoms with Gasteiger partial charge < -0.3 is 10.0 Å². The lowest BCUT2D eigenvalue weighted by molar-refractivity contribution is -0.483. The summed E-state index contributed by atoms with van der Waals surface area (Å²) in [5.74, 6) is -107. The molecule has 0 saturated heterocycles. The average Bonchev–Trinajstić information content (AvgIpc) is 2.96. The van der Waals surface area contributed by atoms with Crippen LogP contribution in [0.2, 0.25) is 0 Å². The summed E-state index contributed by atoms with van der Waals surface area (Å²) in [5, 5.41) is 0.413. The summed E-state index contributed by atoms with van der Waals surface area (Å²) in [6.07, 6.45) is -11.0. The molecule has 330 valence electrons. The third-order valence-electron chi connectivity index (χ3n) is 6.92. The minimum atomic E-state index is -9.95. The lowest BCUT2D eigenvalue weighted by Gasteiger charge is -2.46. The maximum atomic E-state index is 14.6. The summed E-state index contributed by atoms with van der Waals surface area (Å²) in [7, 11) is -5.74. The van der Waals surface area contributed by atoms with Crippen LogP contribution in [0.25, 0.3) is 0 Å². The van der Waals surface area contributed by atoms with Gasteiger partial charge in [-0.25, -0.2) is 8.42 Å². The molecule has 0 aromatic heterocycles. The maximum absolute atomic E-state index is 14.6. The topological polar surface area (TPSA) is 77.9 Å². The first-order chi connectivity index (χ1) is 23.5. The van der Waals surface area contributed by atoms with Crippen LogP contribution in [0.5, 0.6) is 0 Å². The van der Waals surface area contributed by atoms with Crippen molar-refractivity contribution in [1.82, 2.24) is 9.21 Å². The molecule has 0 bridgehead atoms. The molecule has 55 heavy (non-hydrogen) atoms. The van der Waals surface area contributed by atoms with Gasteiger partial charge in [-0.1, -0.05) is 0 Å². The number of halogens is 27. The molecule has 1 N–H and O–H groups in total. The molecule has 0 aromatic carbocycles. The normalized spacial score (nSPS) is 16.3. The lowest BCUT2D eigenvalue weighted by atomic mass is 9.84. The molecule has 0 amide bonds. The maximum Gasteiger partial charge on any atom is 0.460 e. The molecular weight excluding hydrogens is 889 g/mol. The van der Waals surface area contributed by atoms with Gasteiger partial charge in [0.25, 0.3) is 10.0 Å². The van der Waals surface area contributed by atoms with Crippen molar-refractivity contribution >= 4 is 16.0 Å². The largest absolute Gasteiger partial charge is 0.481 e. The third-order valence-corrected chi connectivity index (χ3v) is 8.87. The Kier molecular flexibility index (Phi) is 13.7. The summed E-state index contributed by atoms with van der Waals surface area (Å²) in [6.45, 7) is -4.26. The third kappa shape index (κ3) is 7.28. The van der Waals surface area contributed by atoms with E-state index >= 15 is 0 Å². The lowest BCUT2D eigenvalue weighted by Crippen LogP contribution is -2.79. The first kappa shape index (κ1) is 52.5. The molecule has 6 nitrogen and oxygen atoms in total. The monoisotopic (exact) mass is 906 g/mol. The fourth-order valence-corrected chi connectivity index (χ4v) is 5.07. The molecule has 0 heterocycles. The second-order valence-electron chi connectivity index (χ2n) is 11.0. The highest BCUT2D eigenvalue weighted by atomic mass is 32.2. The summed E-state index contributed by atoms with van der Waals surface area (Å²) in [6, 6.07) is 0. The van der Waals surface area contributed by atoms with Crippen molar-refractivity contribution in [3.8, 4) is 0 Å². The molecule has 0 spiro atoms. The zero-order valence-electron chi connectivity index (χ0n) is 25.7. The zero-order chi connectivity index (χ0) is 45.3. The fraction of sp³-hybridized carbons (Fsp3) is 0.952. The molecular formula is C21H17F27N2O4S. The standard InChI is InChI=1S/C21H17F27N2O4S/c1-49(2)5-3-6-50(7-4-8(51)52)55(53,54)21(47,48)19(42,43)17(38,39)15(34,35)13(30,31)11(26,27)9(22,23)10(24,25)12(28,29)14(32,33)16(36,37)18(40,41)20(44,45)46/h3-7H2,1-2H3,(H,51,52). The SMILES string of the molecule is CN(C)CCCN(CCC(=O)O)S(=O)(=O)C(F)(F)C(F)(F)C(F)(F)C(F)(F)C(F)(F)C(F)(F)C(F)(F)C(F)(F)C(F)(F)C(F)(F)C(F)(F)C(F)(F)C(F)(F)F.